The Morgan fingerprint density at radius 2 is 1.84 bits per heavy atom. The number of nitrogens with one attached hydrogen (secondary N) is 2. The molecule has 0 fully saturated rings. The first kappa shape index (κ1) is 27.0. The Morgan fingerprint density at radius 1 is 1.19 bits per heavy atom. The van der Waals surface area contributed by atoms with E-state index in [2.05, 4.69) is 15.5 Å². The first-order valence-corrected chi connectivity index (χ1v) is 11.1. The minimum atomic E-state index is -4.68. The average molecular weight is 509 g/mol. The molecule has 0 spiro atoms. The summed E-state index contributed by atoms with van der Waals surface area (Å²) >= 11 is 0. The number of nitriles is 1. The highest BCUT2D eigenvalue weighted by atomic mass is 19.4. The molecule has 190 valence electrons. The fourth-order valence-corrected chi connectivity index (χ4v) is 4.20. The Balaban J connectivity index is 2.21. The lowest BCUT2D eigenvalue weighted by atomic mass is 9.78. The molecule has 37 heavy (non-hydrogen) atoms. The van der Waals surface area contributed by atoms with Crippen LogP contribution in [0, 0.1) is 23.8 Å². The maximum atomic E-state index is 13.8. The number of likely N-dealkylation sites (N-methyl/N-ethyl adjacent to an activating group) is 1. The van der Waals surface area contributed by atoms with E-state index >= 15 is 0 Å². The Kier molecular flexibility index (Phi) is 7.68. The van der Waals surface area contributed by atoms with Gasteiger partial charge in [-0.2, -0.15) is 18.4 Å². The Morgan fingerprint density at radius 3 is 2.38 bits per heavy atom. The molecule has 2 N–H and O–H groups in total. The molecule has 8 nitrogen and oxygen atoms in total. The van der Waals surface area contributed by atoms with Gasteiger partial charge < -0.3 is 10.6 Å². The number of allylic oxidation sites excluding steroid dienone is 2. The molecule has 1 aliphatic heterocycles. The fraction of sp³-hybridized carbons (Fsp3) is 0.269. The number of benzene rings is 2. The number of carbonyl (C=O) groups excluding carboxylic acids is 3. The number of anilines is 1. The van der Waals surface area contributed by atoms with E-state index in [1.54, 1.807) is 0 Å². The lowest BCUT2D eigenvalue weighted by Crippen LogP contribution is -2.53. The van der Waals surface area contributed by atoms with E-state index in [9.17, 15) is 27.6 Å². The van der Waals surface area contributed by atoms with Crippen molar-refractivity contribution in [2.45, 2.75) is 32.0 Å². The van der Waals surface area contributed by atoms with Crippen LogP contribution in [0.25, 0.3) is 4.85 Å². The highest BCUT2D eigenvalue weighted by molar-refractivity contribution is 6.12. The lowest BCUT2D eigenvalue weighted by Gasteiger charge is -2.38. The molecule has 0 saturated carbocycles. The predicted octanol–water partition coefficient (Wildman–Crippen LogP) is 3.73. The normalized spacial score (nSPS) is 18.5. The number of halogens is 3. The van der Waals surface area contributed by atoms with Gasteiger partial charge in [0.1, 0.15) is 12.0 Å². The van der Waals surface area contributed by atoms with Gasteiger partial charge in [0.15, 0.2) is 5.70 Å². The number of nitrogens with zero attached hydrogens (tertiary/aromatic N) is 3. The number of amides is 3. The largest absolute Gasteiger partial charge is 0.416 e. The van der Waals surface area contributed by atoms with Crippen molar-refractivity contribution in [1.82, 2.24) is 10.6 Å². The molecule has 11 heteroatoms. The van der Waals surface area contributed by atoms with Crippen LogP contribution in [0.1, 0.15) is 36.5 Å². The number of hydrogen-bond acceptors (Lipinski definition) is 4. The summed E-state index contributed by atoms with van der Waals surface area (Å²) in [5.41, 5.74) is -0.427. The van der Waals surface area contributed by atoms with Crippen molar-refractivity contribution in [3.05, 3.63) is 88.0 Å². The van der Waals surface area contributed by atoms with Gasteiger partial charge >= 0.3 is 6.18 Å². The molecular weight excluding hydrogens is 487 g/mol. The quantitative estimate of drug-likeness (QED) is 0.473. The summed E-state index contributed by atoms with van der Waals surface area (Å²) in [5.74, 6) is -4.95. The highest BCUT2D eigenvalue weighted by Gasteiger charge is 2.47. The monoisotopic (exact) mass is 509 g/mol. The molecule has 0 aromatic heterocycles. The number of hydrogen-bond donors (Lipinski definition) is 2. The Bertz CT molecular complexity index is 1350. The number of rotatable bonds is 5. The van der Waals surface area contributed by atoms with Crippen LogP contribution in [-0.2, 0) is 20.6 Å². The summed E-state index contributed by atoms with van der Waals surface area (Å²) in [5, 5.41) is 14.0. The lowest BCUT2D eigenvalue weighted by molar-refractivity contribution is -0.138. The molecule has 0 bridgehead atoms. The van der Waals surface area contributed by atoms with E-state index in [0.717, 1.165) is 23.1 Å². The van der Waals surface area contributed by atoms with Gasteiger partial charge in [-0.25, -0.2) is 4.85 Å². The molecule has 3 amide bonds. The van der Waals surface area contributed by atoms with Gasteiger partial charge in [0, 0.05) is 24.4 Å². The Labute approximate surface area is 211 Å². The van der Waals surface area contributed by atoms with Crippen LogP contribution in [0.2, 0.25) is 0 Å². The van der Waals surface area contributed by atoms with E-state index in [1.165, 1.54) is 51.2 Å². The van der Waals surface area contributed by atoms with Gasteiger partial charge in [0.25, 0.3) is 0 Å². The molecule has 0 radical (unpaired) electrons. The first-order valence-electron chi connectivity index (χ1n) is 11.1. The van der Waals surface area contributed by atoms with Gasteiger partial charge in [0.2, 0.25) is 17.7 Å². The standard InChI is InChI=1S/C26H22F3N5O3/c1-14(23(35)32-4)33-24(36)21-20(17-10-8-16(13-30)9-11-17)22(31-3)15(2)34(25(21)37)19-7-5-6-18(12-19)26(27,28)29/h5-12,14,20-21H,1-2,4H3,(H,32,35)(H,33,36)/t14-,20?,21?/m0/s1. The van der Waals surface area contributed by atoms with Crippen LogP contribution in [-0.4, -0.2) is 30.8 Å². The SMILES string of the molecule is [C-]#[N+]C1=C(C)N(c2cccc(C(F)(F)F)c2)C(=O)C(C(=O)N[C@@H](C)C(=O)NC)C1c1ccc(C#N)cc1. The van der Waals surface area contributed by atoms with Crippen molar-refractivity contribution in [2.75, 3.05) is 11.9 Å². The summed E-state index contributed by atoms with van der Waals surface area (Å²) in [6.45, 7) is 10.6. The summed E-state index contributed by atoms with van der Waals surface area (Å²) in [6, 6.07) is 10.9. The second-order valence-corrected chi connectivity index (χ2v) is 8.34. The second-order valence-electron chi connectivity index (χ2n) is 8.34. The van der Waals surface area contributed by atoms with Crippen LogP contribution in [0.4, 0.5) is 18.9 Å². The van der Waals surface area contributed by atoms with E-state index in [-0.39, 0.29) is 17.1 Å². The van der Waals surface area contributed by atoms with Gasteiger partial charge in [-0.1, -0.05) is 18.2 Å². The first-order chi connectivity index (χ1) is 17.4. The van der Waals surface area contributed by atoms with Crippen LogP contribution >= 0.6 is 0 Å². The molecule has 2 aromatic carbocycles. The molecule has 0 aliphatic carbocycles. The summed E-state index contributed by atoms with van der Waals surface area (Å²) in [6.07, 6.45) is -4.68. The van der Waals surface area contributed by atoms with Gasteiger partial charge in [0.05, 0.1) is 23.8 Å². The van der Waals surface area contributed by atoms with Crippen molar-refractivity contribution in [3.63, 3.8) is 0 Å². The zero-order valence-electron chi connectivity index (χ0n) is 20.1. The van der Waals surface area contributed by atoms with Crippen LogP contribution < -0.4 is 15.5 Å². The van der Waals surface area contributed by atoms with Gasteiger partial charge in [-0.3, -0.25) is 19.3 Å². The maximum Gasteiger partial charge on any atom is 0.416 e. The summed E-state index contributed by atoms with van der Waals surface area (Å²) in [7, 11) is 1.37. The molecule has 0 saturated heterocycles. The summed E-state index contributed by atoms with van der Waals surface area (Å²) in [4.78, 5) is 43.7. The minimum absolute atomic E-state index is 0.0329. The third-order valence-corrected chi connectivity index (χ3v) is 6.05. The zero-order valence-corrected chi connectivity index (χ0v) is 20.1. The van der Waals surface area contributed by atoms with Crippen molar-refractivity contribution in [1.29, 1.82) is 5.26 Å². The van der Waals surface area contributed by atoms with Crippen molar-refractivity contribution >= 4 is 23.4 Å². The van der Waals surface area contributed by atoms with E-state index in [0.29, 0.717) is 11.1 Å². The van der Waals surface area contributed by atoms with Crippen molar-refractivity contribution in [2.24, 2.45) is 5.92 Å². The number of alkyl halides is 3. The van der Waals surface area contributed by atoms with Gasteiger partial charge in [-0.05, 0) is 49.7 Å². The molecule has 2 unspecified atom stereocenters. The average Bonchev–Trinajstić information content (AvgIpc) is 2.87. The summed E-state index contributed by atoms with van der Waals surface area (Å²) < 4.78 is 40.2. The minimum Gasteiger partial charge on any atom is -0.357 e. The highest BCUT2D eigenvalue weighted by Crippen LogP contribution is 2.43. The molecule has 3 atom stereocenters. The Hall–Kier alpha value is -4.64. The molecule has 2 aromatic rings. The smallest absolute Gasteiger partial charge is 0.357 e. The zero-order chi connectivity index (χ0) is 27.5. The predicted molar refractivity (Wildman–Crippen MR) is 127 cm³/mol. The topological polar surface area (TPSA) is 107 Å². The van der Waals surface area contributed by atoms with Gasteiger partial charge in [-0.15, -0.1) is 0 Å². The van der Waals surface area contributed by atoms with Crippen molar-refractivity contribution < 1.29 is 27.6 Å². The van der Waals surface area contributed by atoms with Crippen LogP contribution in [0.15, 0.2) is 59.9 Å². The second kappa shape index (κ2) is 10.5. The molecular formula is C26H22F3N5O3. The maximum absolute atomic E-state index is 13.8. The third-order valence-electron chi connectivity index (χ3n) is 6.05. The van der Waals surface area contributed by atoms with E-state index < -0.39 is 47.3 Å². The third kappa shape index (κ3) is 5.31. The molecule has 1 heterocycles. The number of carbonyl (C=O) groups is 3. The van der Waals surface area contributed by atoms with Crippen molar-refractivity contribution in [3.8, 4) is 6.07 Å². The molecule has 1 aliphatic rings. The fourth-order valence-electron chi connectivity index (χ4n) is 4.20. The van der Waals surface area contributed by atoms with E-state index in [1.807, 2.05) is 6.07 Å². The molecule has 3 rings (SSSR count). The van der Waals surface area contributed by atoms with Crippen LogP contribution in [0.5, 0.6) is 0 Å². The van der Waals surface area contributed by atoms with Crippen LogP contribution in [0.3, 0.4) is 0 Å². The van der Waals surface area contributed by atoms with E-state index in [4.69, 9.17) is 11.8 Å².